The second-order valence-electron chi connectivity index (χ2n) is 6.33. The fourth-order valence-corrected chi connectivity index (χ4v) is 2.62. The largest absolute Gasteiger partial charge is 0.481 e. The number of rotatable bonds is 8. The van der Waals surface area contributed by atoms with Crippen molar-refractivity contribution in [2.75, 3.05) is 5.32 Å². The summed E-state index contributed by atoms with van der Waals surface area (Å²) in [5.41, 5.74) is 5.98. The van der Waals surface area contributed by atoms with Crippen LogP contribution in [-0.4, -0.2) is 23.8 Å². The van der Waals surface area contributed by atoms with Gasteiger partial charge in [-0.3, -0.25) is 25.2 Å². The molecule has 29 heavy (non-hydrogen) atoms. The van der Waals surface area contributed by atoms with Crippen molar-refractivity contribution in [2.24, 2.45) is 0 Å². The standard InChI is InChI=1S/C21H24ClN3O4/c1-3-18(29-15-8-5-4-6-9-15)21(28)25-24-20(27)13-12-19(26)23-17-11-7-10-16(22)14(17)2/h4-11,18H,3,12-13H2,1-2H3,(H,23,26)(H,24,27)(H,25,28). The highest BCUT2D eigenvalue weighted by atomic mass is 35.5. The highest BCUT2D eigenvalue weighted by Gasteiger charge is 2.19. The molecule has 0 fully saturated rings. The summed E-state index contributed by atoms with van der Waals surface area (Å²) in [6, 6.07) is 14.1. The van der Waals surface area contributed by atoms with E-state index in [1.54, 1.807) is 56.3 Å². The number of hydrogen-bond donors (Lipinski definition) is 3. The van der Waals surface area contributed by atoms with Gasteiger partial charge < -0.3 is 10.1 Å². The Balaban J connectivity index is 1.74. The minimum atomic E-state index is -0.744. The maximum Gasteiger partial charge on any atom is 0.279 e. The molecule has 8 heteroatoms. The minimum Gasteiger partial charge on any atom is -0.481 e. The lowest BCUT2D eigenvalue weighted by molar-refractivity contribution is -0.133. The van der Waals surface area contributed by atoms with Crippen molar-refractivity contribution in [1.82, 2.24) is 10.9 Å². The highest BCUT2D eigenvalue weighted by Crippen LogP contribution is 2.23. The number of carbonyl (C=O) groups excluding carboxylic acids is 3. The Hall–Kier alpha value is -3.06. The summed E-state index contributed by atoms with van der Waals surface area (Å²) in [6.07, 6.45) is -0.433. The number of hydrogen-bond acceptors (Lipinski definition) is 4. The van der Waals surface area contributed by atoms with Gasteiger partial charge in [0.15, 0.2) is 6.10 Å². The predicted molar refractivity (Wildman–Crippen MR) is 111 cm³/mol. The molecule has 2 rings (SSSR count). The van der Waals surface area contributed by atoms with Gasteiger partial charge >= 0.3 is 0 Å². The first-order valence-corrected chi connectivity index (χ1v) is 9.63. The second-order valence-corrected chi connectivity index (χ2v) is 6.73. The fourth-order valence-electron chi connectivity index (χ4n) is 2.44. The number of anilines is 1. The molecule has 1 atom stereocenters. The first kappa shape index (κ1) is 22.2. The molecule has 1 unspecified atom stereocenters. The number of nitrogens with one attached hydrogen (secondary N) is 3. The number of carbonyl (C=O) groups is 3. The molecule has 0 aliphatic rings. The van der Waals surface area contributed by atoms with Crippen LogP contribution in [0.25, 0.3) is 0 Å². The lowest BCUT2D eigenvalue weighted by Crippen LogP contribution is -2.48. The van der Waals surface area contributed by atoms with E-state index >= 15 is 0 Å². The van der Waals surface area contributed by atoms with Crippen LogP contribution in [0.2, 0.25) is 5.02 Å². The number of ether oxygens (including phenoxy) is 1. The SMILES string of the molecule is CCC(Oc1ccccc1)C(=O)NNC(=O)CCC(=O)Nc1cccc(Cl)c1C. The van der Waals surface area contributed by atoms with E-state index in [9.17, 15) is 14.4 Å². The third-order valence-corrected chi connectivity index (χ3v) is 4.54. The molecule has 0 aliphatic carbocycles. The van der Waals surface area contributed by atoms with Gasteiger partial charge in [-0.15, -0.1) is 0 Å². The summed E-state index contributed by atoms with van der Waals surface area (Å²) >= 11 is 6.02. The Kier molecular flexibility index (Phi) is 8.48. The molecule has 0 heterocycles. The van der Waals surface area contributed by atoms with Gasteiger partial charge in [-0.2, -0.15) is 0 Å². The predicted octanol–water partition coefficient (Wildman–Crippen LogP) is 3.37. The third-order valence-electron chi connectivity index (χ3n) is 4.13. The zero-order valence-electron chi connectivity index (χ0n) is 16.3. The zero-order valence-corrected chi connectivity index (χ0v) is 17.1. The molecule has 3 N–H and O–H groups in total. The van der Waals surface area contributed by atoms with Crippen molar-refractivity contribution >= 4 is 35.0 Å². The van der Waals surface area contributed by atoms with E-state index in [4.69, 9.17) is 16.3 Å². The van der Waals surface area contributed by atoms with Crippen LogP contribution in [0, 0.1) is 6.92 Å². The van der Waals surface area contributed by atoms with E-state index in [1.807, 2.05) is 6.07 Å². The Bertz CT molecular complexity index is 858. The van der Waals surface area contributed by atoms with Crippen LogP contribution < -0.4 is 20.9 Å². The number of halogens is 1. The van der Waals surface area contributed by atoms with Gasteiger partial charge in [0, 0.05) is 23.6 Å². The van der Waals surface area contributed by atoms with Gasteiger partial charge in [0.2, 0.25) is 11.8 Å². The molecule has 154 valence electrons. The Morgan fingerprint density at radius 3 is 2.34 bits per heavy atom. The Morgan fingerprint density at radius 2 is 1.66 bits per heavy atom. The first-order chi connectivity index (χ1) is 13.9. The van der Waals surface area contributed by atoms with Gasteiger partial charge in [-0.25, -0.2) is 0 Å². The van der Waals surface area contributed by atoms with E-state index in [0.29, 0.717) is 22.9 Å². The van der Waals surface area contributed by atoms with Gasteiger partial charge in [-0.05, 0) is 43.2 Å². The van der Waals surface area contributed by atoms with Gasteiger partial charge in [0.25, 0.3) is 5.91 Å². The summed E-state index contributed by atoms with van der Waals surface area (Å²) in [5, 5.41) is 3.26. The Labute approximate surface area is 174 Å². The average molecular weight is 418 g/mol. The molecule has 0 aliphatic heterocycles. The molecule has 0 aromatic heterocycles. The third kappa shape index (κ3) is 7.12. The molecule has 7 nitrogen and oxygen atoms in total. The average Bonchev–Trinajstić information content (AvgIpc) is 2.72. The summed E-state index contributed by atoms with van der Waals surface area (Å²) in [5.74, 6) is -0.709. The summed E-state index contributed by atoms with van der Waals surface area (Å²) in [6.45, 7) is 3.60. The smallest absolute Gasteiger partial charge is 0.279 e. The molecule has 0 radical (unpaired) electrons. The molecule has 0 saturated heterocycles. The van der Waals surface area contributed by atoms with Crippen molar-refractivity contribution in [3.05, 3.63) is 59.1 Å². The molecule has 2 aromatic rings. The van der Waals surface area contributed by atoms with E-state index in [1.165, 1.54) is 0 Å². The molecule has 0 spiro atoms. The monoisotopic (exact) mass is 417 g/mol. The maximum absolute atomic E-state index is 12.2. The molecule has 0 saturated carbocycles. The molecular weight excluding hydrogens is 394 g/mol. The van der Waals surface area contributed by atoms with Crippen LogP contribution >= 0.6 is 11.6 Å². The van der Waals surface area contributed by atoms with Crippen LogP contribution in [0.15, 0.2) is 48.5 Å². The molecule has 3 amide bonds. The fraction of sp³-hybridized carbons (Fsp3) is 0.286. The Morgan fingerprint density at radius 1 is 0.966 bits per heavy atom. The van der Waals surface area contributed by atoms with Gasteiger partial charge in [-0.1, -0.05) is 42.8 Å². The van der Waals surface area contributed by atoms with Crippen molar-refractivity contribution in [2.45, 2.75) is 39.2 Å². The molecule has 2 aromatic carbocycles. The van der Waals surface area contributed by atoms with E-state index in [-0.39, 0.29) is 18.7 Å². The van der Waals surface area contributed by atoms with E-state index < -0.39 is 17.9 Å². The number of benzene rings is 2. The van der Waals surface area contributed by atoms with Crippen LogP contribution in [0.5, 0.6) is 5.75 Å². The normalized spacial score (nSPS) is 11.3. The maximum atomic E-state index is 12.2. The summed E-state index contributed by atoms with van der Waals surface area (Å²) < 4.78 is 5.60. The zero-order chi connectivity index (χ0) is 21.2. The van der Waals surface area contributed by atoms with Crippen molar-refractivity contribution in [3.8, 4) is 5.75 Å². The summed E-state index contributed by atoms with van der Waals surface area (Å²) in [4.78, 5) is 36.2. The number of para-hydroxylation sites is 1. The van der Waals surface area contributed by atoms with Crippen molar-refractivity contribution < 1.29 is 19.1 Å². The number of hydrazine groups is 1. The number of amides is 3. The summed E-state index contributed by atoms with van der Waals surface area (Å²) in [7, 11) is 0. The van der Waals surface area contributed by atoms with E-state index in [2.05, 4.69) is 16.2 Å². The molecular formula is C21H24ClN3O4. The second kappa shape index (κ2) is 11.1. The van der Waals surface area contributed by atoms with Crippen molar-refractivity contribution in [3.63, 3.8) is 0 Å². The van der Waals surface area contributed by atoms with Crippen LogP contribution in [0.4, 0.5) is 5.69 Å². The molecule has 0 bridgehead atoms. The van der Waals surface area contributed by atoms with Gasteiger partial charge in [0.05, 0.1) is 0 Å². The van der Waals surface area contributed by atoms with Crippen LogP contribution in [0.1, 0.15) is 31.7 Å². The lowest BCUT2D eigenvalue weighted by Gasteiger charge is -2.17. The van der Waals surface area contributed by atoms with E-state index in [0.717, 1.165) is 5.56 Å². The minimum absolute atomic E-state index is 0.0363. The quantitative estimate of drug-likeness (QED) is 0.573. The van der Waals surface area contributed by atoms with Crippen molar-refractivity contribution in [1.29, 1.82) is 0 Å². The first-order valence-electron chi connectivity index (χ1n) is 9.26. The van der Waals surface area contributed by atoms with Crippen LogP contribution in [-0.2, 0) is 14.4 Å². The topological polar surface area (TPSA) is 96.5 Å². The van der Waals surface area contributed by atoms with Crippen LogP contribution in [0.3, 0.4) is 0 Å². The highest BCUT2D eigenvalue weighted by molar-refractivity contribution is 6.31. The lowest BCUT2D eigenvalue weighted by atomic mass is 10.2. The van der Waals surface area contributed by atoms with Gasteiger partial charge in [0.1, 0.15) is 5.75 Å².